The smallest absolute Gasteiger partial charge is 0.259 e. The molecule has 0 bridgehead atoms. The number of halogens is 2. The zero-order valence-electron chi connectivity index (χ0n) is 17.2. The van der Waals surface area contributed by atoms with Crippen molar-refractivity contribution in [1.82, 2.24) is 19.5 Å². The average Bonchev–Trinajstić information content (AvgIpc) is 3.32. The maximum atomic E-state index is 14.0. The van der Waals surface area contributed by atoms with Crippen molar-refractivity contribution in [2.45, 2.75) is 18.8 Å². The number of hydrogen-bond donors (Lipinski definition) is 1. The molecule has 1 aliphatic rings. The van der Waals surface area contributed by atoms with Gasteiger partial charge in [-0.1, -0.05) is 48.0 Å². The van der Waals surface area contributed by atoms with Crippen molar-refractivity contribution in [3.05, 3.63) is 89.0 Å². The molecule has 0 aliphatic carbocycles. The van der Waals surface area contributed by atoms with Gasteiger partial charge >= 0.3 is 0 Å². The molecule has 0 unspecified atom stereocenters. The molecule has 0 atom stereocenters. The molecule has 162 valence electrons. The van der Waals surface area contributed by atoms with E-state index in [1.54, 1.807) is 24.4 Å². The lowest BCUT2D eigenvalue weighted by molar-refractivity contribution is 0.0713. The average molecular weight is 450 g/mol. The Kier molecular flexibility index (Phi) is 5.49. The lowest BCUT2D eigenvalue weighted by atomic mass is 9.89. The first-order valence-corrected chi connectivity index (χ1v) is 10.9. The minimum absolute atomic E-state index is 0.0494. The van der Waals surface area contributed by atoms with Gasteiger partial charge in [-0.2, -0.15) is 9.61 Å². The van der Waals surface area contributed by atoms with Crippen LogP contribution in [0.15, 0.2) is 67.0 Å². The topological polar surface area (TPSA) is 62.5 Å². The highest BCUT2D eigenvalue weighted by molar-refractivity contribution is 6.33. The van der Waals surface area contributed by atoms with Crippen molar-refractivity contribution in [3.63, 3.8) is 0 Å². The van der Waals surface area contributed by atoms with Crippen LogP contribution in [-0.2, 0) is 0 Å². The van der Waals surface area contributed by atoms with Crippen LogP contribution < -0.4 is 5.32 Å². The predicted octanol–water partition coefficient (Wildman–Crippen LogP) is 5.29. The van der Waals surface area contributed by atoms with Crippen LogP contribution in [0.25, 0.3) is 5.65 Å². The van der Waals surface area contributed by atoms with E-state index in [2.05, 4.69) is 27.5 Å². The molecular weight excluding hydrogens is 429 g/mol. The first kappa shape index (κ1) is 20.5. The molecule has 0 radical (unpaired) electrons. The van der Waals surface area contributed by atoms with E-state index in [-0.39, 0.29) is 10.9 Å². The predicted molar refractivity (Wildman–Crippen MR) is 122 cm³/mol. The summed E-state index contributed by atoms with van der Waals surface area (Å²) in [6, 6.07) is 16.6. The van der Waals surface area contributed by atoms with Crippen LogP contribution in [-0.4, -0.2) is 38.5 Å². The fraction of sp³-hybridized carbons (Fsp3) is 0.208. The fourth-order valence-electron chi connectivity index (χ4n) is 4.19. The van der Waals surface area contributed by atoms with E-state index >= 15 is 0 Å². The lowest BCUT2D eigenvalue weighted by Gasteiger charge is -2.32. The number of carbonyl (C=O) groups excluding carboxylic acids is 1. The van der Waals surface area contributed by atoms with Crippen LogP contribution in [0.2, 0.25) is 5.02 Å². The van der Waals surface area contributed by atoms with E-state index in [1.807, 2.05) is 23.1 Å². The van der Waals surface area contributed by atoms with Gasteiger partial charge in [0.2, 0.25) is 0 Å². The summed E-state index contributed by atoms with van der Waals surface area (Å²) in [4.78, 5) is 19.7. The highest BCUT2D eigenvalue weighted by Gasteiger charge is 2.27. The van der Waals surface area contributed by atoms with Crippen LogP contribution in [0.4, 0.5) is 15.9 Å². The third kappa shape index (κ3) is 3.80. The standard InChI is InChI=1S/C24H21ClFN5O/c25-22-19(26)7-4-8-20(22)29-23-18(15-27-21-9-12-28-31(21)23)24(32)30-13-10-17(11-14-30)16-5-2-1-3-6-16/h1-9,12,15,17,29H,10-11,13-14H2. The van der Waals surface area contributed by atoms with E-state index < -0.39 is 5.82 Å². The summed E-state index contributed by atoms with van der Waals surface area (Å²) in [5, 5.41) is 7.35. The maximum Gasteiger partial charge on any atom is 0.259 e. The Balaban J connectivity index is 1.43. The van der Waals surface area contributed by atoms with Gasteiger partial charge in [-0.25, -0.2) is 9.37 Å². The van der Waals surface area contributed by atoms with Gasteiger partial charge in [0, 0.05) is 25.4 Å². The largest absolute Gasteiger partial charge is 0.338 e. The van der Waals surface area contributed by atoms with E-state index in [1.165, 1.54) is 22.3 Å². The molecule has 0 spiro atoms. The Morgan fingerprint density at radius 2 is 1.84 bits per heavy atom. The molecule has 2 aromatic carbocycles. The van der Waals surface area contributed by atoms with Crippen LogP contribution in [0.1, 0.15) is 34.7 Å². The van der Waals surface area contributed by atoms with E-state index in [0.717, 1.165) is 12.8 Å². The van der Waals surface area contributed by atoms with Gasteiger partial charge in [0.05, 0.1) is 16.9 Å². The van der Waals surface area contributed by atoms with Crippen LogP contribution in [0.3, 0.4) is 0 Å². The summed E-state index contributed by atoms with van der Waals surface area (Å²) < 4.78 is 15.5. The summed E-state index contributed by atoms with van der Waals surface area (Å²) in [6.07, 6.45) is 4.93. The molecule has 1 aliphatic heterocycles. The fourth-order valence-corrected chi connectivity index (χ4v) is 4.36. The Hall–Kier alpha value is -3.45. The van der Waals surface area contributed by atoms with Crippen LogP contribution in [0.5, 0.6) is 0 Å². The quantitative estimate of drug-likeness (QED) is 0.460. The molecule has 1 fully saturated rings. The number of rotatable bonds is 4. The molecule has 8 heteroatoms. The SMILES string of the molecule is O=C(c1cnc2ccnn2c1Nc1cccc(F)c1Cl)N1CCC(c2ccccc2)CC1. The van der Waals surface area contributed by atoms with Crippen molar-refractivity contribution < 1.29 is 9.18 Å². The van der Waals surface area contributed by atoms with Gasteiger partial charge in [0.25, 0.3) is 5.91 Å². The number of aromatic nitrogens is 3. The number of hydrogen-bond acceptors (Lipinski definition) is 4. The second kappa shape index (κ2) is 8.59. The molecule has 3 heterocycles. The van der Waals surface area contributed by atoms with Crippen molar-refractivity contribution >= 4 is 34.7 Å². The monoisotopic (exact) mass is 449 g/mol. The molecule has 1 saturated heterocycles. The van der Waals surface area contributed by atoms with Crippen molar-refractivity contribution in [2.75, 3.05) is 18.4 Å². The van der Waals surface area contributed by atoms with Gasteiger partial charge in [0.1, 0.15) is 17.2 Å². The molecule has 5 rings (SSSR count). The third-order valence-electron chi connectivity index (χ3n) is 5.90. The minimum atomic E-state index is -0.543. The summed E-state index contributed by atoms with van der Waals surface area (Å²) >= 11 is 6.14. The lowest BCUT2D eigenvalue weighted by Crippen LogP contribution is -2.38. The summed E-state index contributed by atoms with van der Waals surface area (Å²) in [7, 11) is 0. The Bertz CT molecular complexity index is 1270. The van der Waals surface area contributed by atoms with Crippen molar-refractivity contribution in [1.29, 1.82) is 0 Å². The Morgan fingerprint density at radius 3 is 2.62 bits per heavy atom. The van der Waals surface area contributed by atoms with Crippen LogP contribution in [0, 0.1) is 5.82 Å². The van der Waals surface area contributed by atoms with Crippen LogP contribution >= 0.6 is 11.6 Å². The third-order valence-corrected chi connectivity index (χ3v) is 6.29. The molecule has 2 aromatic heterocycles. The number of benzene rings is 2. The Labute approximate surface area is 189 Å². The normalized spacial score (nSPS) is 14.6. The number of nitrogens with zero attached hydrogens (tertiary/aromatic N) is 4. The molecule has 0 saturated carbocycles. The molecule has 4 aromatic rings. The van der Waals surface area contributed by atoms with Crippen molar-refractivity contribution in [2.24, 2.45) is 0 Å². The highest BCUT2D eigenvalue weighted by atomic mass is 35.5. The number of carbonyl (C=O) groups is 1. The molecule has 32 heavy (non-hydrogen) atoms. The maximum absolute atomic E-state index is 14.0. The molecule has 6 nitrogen and oxygen atoms in total. The first-order valence-electron chi connectivity index (χ1n) is 10.5. The number of likely N-dealkylation sites (tertiary alicyclic amines) is 1. The molecular formula is C24H21ClFN5O. The summed E-state index contributed by atoms with van der Waals surface area (Å²) in [6.45, 7) is 1.30. The summed E-state index contributed by atoms with van der Waals surface area (Å²) in [5.41, 5.74) is 2.59. The molecule has 1 amide bonds. The summed E-state index contributed by atoms with van der Waals surface area (Å²) in [5.74, 6) is 0.160. The van der Waals surface area contributed by atoms with Gasteiger partial charge in [0.15, 0.2) is 5.65 Å². The second-order valence-corrected chi connectivity index (χ2v) is 8.20. The number of anilines is 2. The van der Waals surface area contributed by atoms with E-state index in [4.69, 9.17) is 11.6 Å². The zero-order valence-corrected chi connectivity index (χ0v) is 18.0. The second-order valence-electron chi connectivity index (χ2n) is 7.83. The van der Waals surface area contributed by atoms with Gasteiger partial charge in [-0.15, -0.1) is 0 Å². The van der Waals surface area contributed by atoms with Gasteiger partial charge in [-0.3, -0.25) is 4.79 Å². The van der Waals surface area contributed by atoms with Crippen molar-refractivity contribution in [3.8, 4) is 0 Å². The first-order chi connectivity index (χ1) is 15.6. The Morgan fingerprint density at radius 1 is 1.06 bits per heavy atom. The number of amides is 1. The van der Waals surface area contributed by atoms with Gasteiger partial charge < -0.3 is 10.2 Å². The van der Waals surface area contributed by atoms with E-state index in [0.29, 0.717) is 41.7 Å². The minimum Gasteiger partial charge on any atom is -0.338 e. The highest BCUT2D eigenvalue weighted by Crippen LogP contribution is 2.32. The van der Waals surface area contributed by atoms with E-state index in [9.17, 15) is 9.18 Å². The number of fused-ring (bicyclic) bond motifs is 1. The number of piperidine rings is 1. The molecule has 1 N–H and O–H groups in total. The zero-order chi connectivity index (χ0) is 22.1. The number of nitrogens with one attached hydrogen (secondary N) is 1. The van der Waals surface area contributed by atoms with Gasteiger partial charge in [-0.05, 0) is 36.5 Å².